The van der Waals surface area contributed by atoms with E-state index in [1.165, 1.54) is 18.8 Å². The van der Waals surface area contributed by atoms with Crippen LogP contribution in [-0.4, -0.2) is 41.6 Å². The Bertz CT molecular complexity index is 150. The number of rotatable bonds is 3. The molecule has 0 spiro atoms. The molecule has 13 heavy (non-hydrogen) atoms. The Morgan fingerprint density at radius 2 is 2.23 bits per heavy atom. The first-order chi connectivity index (χ1) is 6.09. The van der Waals surface area contributed by atoms with Crippen LogP contribution in [0.4, 0.5) is 0 Å². The third kappa shape index (κ3) is 3.88. The van der Waals surface area contributed by atoms with Gasteiger partial charge in [0.15, 0.2) is 0 Å². The lowest BCUT2D eigenvalue weighted by molar-refractivity contribution is 0.247. The van der Waals surface area contributed by atoms with Gasteiger partial charge in [0.05, 0.1) is 0 Å². The minimum absolute atomic E-state index is 0.343. The molecular formula is C10H22N2S. The molecule has 1 aliphatic heterocycles. The average molecular weight is 202 g/mol. The van der Waals surface area contributed by atoms with Crippen LogP contribution in [0.25, 0.3) is 0 Å². The van der Waals surface area contributed by atoms with Crippen LogP contribution in [0.2, 0.25) is 0 Å². The first-order valence-electron chi connectivity index (χ1n) is 5.19. The smallest absolute Gasteiger partial charge is 0.0191 e. The maximum atomic E-state index is 6.04. The van der Waals surface area contributed by atoms with Crippen LogP contribution >= 0.6 is 11.8 Å². The zero-order chi connectivity index (χ0) is 9.84. The summed E-state index contributed by atoms with van der Waals surface area (Å²) in [7, 11) is 0. The van der Waals surface area contributed by atoms with E-state index < -0.39 is 0 Å². The van der Waals surface area contributed by atoms with Crippen molar-refractivity contribution in [3.8, 4) is 0 Å². The molecule has 1 saturated heterocycles. The molecule has 2 nitrogen and oxygen atoms in total. The summed E-state index contributed by atoms with van der Waals surface area (Å²) in [5.41, 5.74) is 6.04. The van der Waals surface area contributed by atoms with Gasteiger partial charge in [-0.2, -0.15) is 11.8 Å². The molecule has 1 rings (SSSR count). The van der Waals surface area contributed by atoms with Gasteiger partial charge < -0.3 is 5.73 Å². The molecule has 2 N–H and O–H groups in total. The van der Waals surface area contributed by atoms with E-state index in [0.717, 1.165) is 11.8 Å². The van der Waals surface area contributed by atoms with Gasteiger partial charge in [0.25, 0.3) is 0 Å². The predicted molar refractivity (Wildman–Crippen MR) is 61.2 cm³/mol. The van der Waals surface area contributed by atoms with Crippen molar-refractivity contribution in [2.45, 2.75) is 32.1 Å². The molecule has 3 heteroatoms. The molecule has 0 aliphatic carbocycles. The fraction of sp³-hybridized carbons (Fsp3) is 1.00. The van der Waals surface area contributed by atoms with Crippen LogP contribution in [0.15, 0.2) is 0 Å². The van der Waals surface area contributed by atoms with E-state index in [-0.39, 0.29) is 0 Å². The summed E-state index contributed by atoms with van der Waals surface area (Å²) in [6, 6.07) is 0.343. The molecule has 1 heterocycles. The van der Waals surface area contributed by atoms with E-state index in [1.807, 2.05) is 0 Å². The normalized spacial score (nSPS) is 27.9. The molecule has 0 saturated carbocycles. The monoisotopic (exact) mass is 202 g/mol. The van der Waals surface area contributed by atoms with Crippen molar-refractivity contribution in [3.05, 3.63) is 0 Å². The highest BCUT2D eigenvalue weighted by Gasteiger charge is 2.19. The van der Waals surface area contributed by atoms with Gasteiger partial charge in [0.1, 0.15) is 0 Å². The van der Waals surface area contributed by atoms with Crippen molar-refractivity contribution in [3.63, 3.8) is 0 Å². The SMILES string of the molecule is CC1CN(CC(N)C(C)C)CCS1. The minimum atomic E-state index is 0.343. The van der Waals surface area contributed by atoms with Crippen LogP contribution in [0.3, 0.4) is 0 Å². The van der Waals surface area contributed by atoms with Crippen molar-refractivity contribution in [1.29, 1.82) is 0 Å². The summed E-state index contributed by atoms with van der Waals surface area (Å²) >= 11 is 2.07. The van der Waals surface area contributed by atoms with Crippen LogP contribution < -0.4 is 5.73 Å². The van der Waals surface area contributed by atoms with Gasteiger partial charge in [0.2, 0.25) is 0 Å². The van der Waals surface area contributed by atoms with E-state index in [1.54, 1.807) is 0 Å². The first kappa shape index (κ1) is 11.3. The highest BCUT2D eigenvalue weighted by molar-refractivity contribution is 7.99. The summed E-state index contributed by atoms with van der Waals surface area (Å²) in [6.45, 7) is 10.2. The second-order valence-corrected chi connectivity index (χ2v) is 5.90. The first-order valence-corrected chi connectivity index (χ1v) is 6.24. The maximum absolute atomic E-state index is 6.04. The average Bonchev–Trinajstić information content (AvgIpc) is 2.04. The largest absolute Gasteiger partial charge is 0.326 e. The Kier molecular flexibility index (Phi) is 4.56. The van der Waals surface area contributed by atoms with Crippen LogP contribution in [0.5, 0.6) is 0 Å². The molecule has 0 radical (unpaired) electrons. The minimum Gasteiger partial charge on any atom is -0.326 e. The number of thioether (sulfide) groups is 1. The van der Waals surface area contributed by atoms with E-state index in [9.17, 15) is 0 Å². The fourth-order valence-corrected chi connectivity index (χ4v) is 2.65. The van der Waals surface area contributed by atoms with Gasteiger partial charge in [-0.05, 0) is 5.92 Å². The maximum Gasteiger partial charge on any atom is 0.0191 e. The van der Waals surface area contributed by atoms with E-state index in [4.69, 9.17) is 5.73 Å². The van der Waals surface area contributed by atoms with Crippen LogP contribution in [0, 0.1) is 5.92 Å². The molecule has 1 aliphatic rings. The molecule has 0 aromatic heterocycles. The Morgan fingerprint density at radius 3 is 2.77 bits per heavy atom. The molecule has 2 atom stereocenters. The molecule has 78 valence electrons. The van der Waals surface area contributed by atoms with Gasteiger partial charge in [0, 0.05) is 36.7 Å². The van der Waals surface area contributed by atoms with Crippen molar-refractivity contribution in [1.82, 2.24) is 4.90 Å². The molecule has 0 bridgehead atoms. The van der Waals surface area contributed by atoms with Crippen molar-refractivity contribution in [2.24, 2.45) is 11.7 Å². The molecule has 0 amide bonds. The highest BCUT2D eigenvalue weighted by atomic mass is 32.2. The topological polar surface area (TPSA) is 29.3 Å². The summed E-state index contributed by atoms with van der Waals surface area (Å²) in [5.74, 6) is 1.87. The Labute approximate surface area is 86.2 Å². The van der Waals surface area contributed by atoms with Crippen molar-refractivity contribution in [2.75, 3.05) is 25.4 Å². The number of nitrogens with zero attached hydrogens (tertiary/aromatic N) is 1. The fourth-order valence-electron chi connectivity index (χ4n) is 1.57. The molecular weight excluding hydrogens is 180 g/mol. The summed E-state index contributed by atoms with van der Waals surface area (Å²) < 4.78 is 0. The van der Waals surface area contributed by atoms with E-state index >= 15 is 0 Å². The van der Waals surface area contributed by atoms with Crippen LogP contribution in [-0.2, 0) is 0 Å². The summed E-state index contributed by atoms with van der Waals surface area (Å²) in [4.78, 5) is 2.51. The molecule has 1 fully saturated rings. The Morgan fingerprint density at radius 1 is 1.54 bits per heavy atom. The van der Waals surface area contributed by atoms with Crippen LogP contribution in [0.1, 0.15) is 20.8 Å². The molecule has 0 aromatic rings. The van der Waals surface area contributed by atoms with Gasteiger partial charge in [-0.1, -0.05) is 20.8 Å². The third-order valence-corrected chi connectivity index (χ3v) is 3.79. The summed E-state index contributed by atoms with van der Waals surface area (Å²) in [5, 5.41) is 0.785. The Balaban J connectivity index is 2.27. The standard InChI is InChI=1S/C10H22N2S/c1-8(2)10(11)7-12-4-5-13-9(3)6-12/h8-10H,4-7,11H2,1-3H3. The number of hydrogen-bond donors (Lipinski definition) is 1. The van der Waals surface area contributed by atoms with Crippen molar-refractivity contribution >= 4 is 11.8 Å². The van der Waals surface area contributed by atoms with Gasteiger partial charge in [-0.3, -0.25) is 4.90 Å². The zero-order valence-corrected chi connectivity index (χ0v) is 9.81. The van der Waals surface area contributed by atoms with Gasteiger partial charge in [-0.15, -0.1) is 0 Å². The number of nitrogens with two attached hydrogens (primary N) is 1. The second kappa shape index (κ2) is 5.23. The van der Waals surface area contributed by atoms with Gasteiger partial charge >= 0.3 is 0 Å². The van der Waals surface area contributed by atoms with Crippen molar-refractivity contribution < 1.29 is 0 Å². The predicted octanol–water partition coefficient (Wildman–Crippen LogP) is 1.41. The lowest BCUT2D eigenvalue weighted by atomic mass is 10.1. The van der Waals surface area contributed by atoms with E-state index in [0.29, 0.717) is 12.0 Å². The van der Waals surface area contributed by atoms with E-state index in [2.05, 4.69) is 37.4 Å². The lowest BCUT2D eigenvalue weighted by Gasteiger charge is -2.33. The molecule has 2 unspecified atom stereocenters. The third-order valence-electron chi connectivity index (χ3n) is 2.65. The highest BCUT2D eigenvalue weighted by Crippen LogP contribution is 2.18. The Hall–Kier alpha value is 0.270. The molecule has 0 aromatic carbocycles. The number of hydrogen-bond acceptors (Lipinski definition) is 3. The van der Waals surface area contributed by atoms with Gasteiger partial charge in [-0.25, -0.2) is 0 Å². The lowest BCUT2D eigenvalue weighted by Crippen LogP contribution is -2.45. The zero-order valence-electron chi connectivity index (χ0n) is 8.99. The second-order valence-electron chi connectivity index (χ2n) is 4.35. The summed E-state index contributed by atoms with van der Waals surface area (Å²) in [6.07, 6.45) is 0. The quantitative estimate of drug-likeness (QED) is 0.750.